The monoisotopic (exact) mass is 443 g/mol. The zero-order valence-electron chi connectivity index (χ0n) is 18.1. The van der Waals surface area contributed by atoms with Gasteiger partial charge >= 0.3 is 0 Å². The van der Waals surface area contributed by atoms with Gasteiger partial charge < -0.3 is 5.32 Å². The van der Waals surface area contributed by atoms with E-state index >= 15 is 0 Å². The second-order valence-corrected chi connectivity index (χ2v) is 8.98. The Morgan fingerprint density at radius 2 is 1.72 bits per heavy atom. The van der Waals surface area contributed by atoms with E-state index in [1.807, 2.05) is 92.7 Å². The molecule has 3 aromatic carbocycles. The van der Waals surface area contributed by atoms with Gasteiger partial charge in [0.05, 0.1) is 12.2 Å². The van der Waals surface area contributed by atoms with Crippen molar-refractivity contribution >= 4 is 40.1 Å². The first-order chi connectivity index (χ1) is 15.5. The predicted octanol–water partition coefficient (Wildman–Crippen LogP) is 5.46. The molecule has 2 amide bonds. The van der Waals surface area contributed by atoms with Crippen molar-refractivity contribution in [2.45, 2.75) is 32.1 Å². The Kier molecular flexibility index (Phi) is 6.71. The van der Waals surface area contributed by atoms with Crippen molar-refractivity contribution in [3.8, 4) is 0 Å². The summed E-state index contributed by atoms with van der Waals surface area (Å²) in [6.07, 6.45) is 0.127. The fourth-order valence-corrected chi connectivity index (χ4v) is 4.64. The van der Waals surface area contributed by atoms with E-state index in [9.17, 15) is 9.59 Å². The Hall–Kier alpha value is -3.38. The Morgan fingerprint density at radius 1 is 1.03 bits per heavy atom. The number of benzene rings is 3. The molecule has 4 rings (SSSR count). The van der Waals surface area contributed by atoms with Crippen LogP contribution in [0.5, 0.6) is 0 Å². The summed E-state index contributed by atoms with van der Waals surface area (Å²) in [6.45, 7) is 4.40. The number of amidine groups is 1. The van der Waals surface area contributed by atoms with Gasteiger partial charge in [0, 0.05) is 12.1 Å². The molecule has 1 aliphatic rings. The zero-order valence-corrected chi connectivity index (χ0v) is 18.9. The normalized spacial score (nSPS) is 17.4. The molecule has 1 saturated heterocycles. The van der Waals surface area contributed by atoms with E-state index in [1.54, 1.807) is 4.90 Å². The van der Waals surface area contributed by atoms with Crippen LogP contribution in [0.25, 0.3) is 0 Å². The Bertz CT molecular complexity index is 1150. The second kappa shape index (κ2) is 9.83. The van der Waals surface area contributed by atoms with Crippen LogP contribution in [0.1, 0.15) is 23.1 Å². The van der Waals surface area contributed by atoms with Gasteiger partial charge in [0.2, 0.25) is 11.8 Å². The Balaban J connectivity index is 1.59. The van der Waals surface area contributed by atoms with Crippen LogP contribution in [0, 0.1) is 13.8 Å². The third kappa shape index (κ3) is 5.26. The maximum atomic E-state index is 13.1. The Labute approximate surface area is 192 Å². The van der Waals surface area contributed by atoms with Gasteiger partial charge in [-0.15, -0.1) is 0 Å². The molecule has 3 aromatic rings. The van der Waals surface area contributed by atoms with Gasteiger partial charge in [-0.05, 0) is 43.2 Å². The molecule has 0 spiro atoms. The van der Waals surface area contributed by atoms with Crippen LogP contribution in [0.15, 0.2) is 83.9 Å². The third-order valence-corrected chi connectivity index (χ3v) is 6.42. The molecule has 1 fully saturated rings. The minimum absolute atomic E-state index is 0.108. The molecule has 0 aliphatic carbocycles. The number of rotatable bonds is 5. The number of carbonyl (C=O) groups is 2. The van der Waals surface area contributed by atoms with E-state index in [1.165, 1.54) is 11.8 Å². The molecule has 0 bridgehead atoms. The van der Waals surface area contributed by atoms with Gasteiger partial charge in [-0.1, -0.05) is 78.0 Å². The lowest BCUT2D eigenvalue weighted by Crippen LogP contribution is -2.44. The minimum atomic E-state index is -0.544. The quantitative estimate of drug-likeness (QED) is 0.569. The predicted molar refractivity (Wildman–Crippen MR) is 131 cm³/mol. The average molecular weight is 444 g/mol. The summed E-state index contributed by atoms with van der Waals surface area (Å²) in [5, 5.41) is 2.99. The number of nitrogens with one attached hydrogen (secondary N) is 1. The molecule has 0 unspecified atom stereocenters. The number of amides is 2. The minimum Gasteiger partial charge on any atom is -0.325 e. The summed E-state index contributed by atoms with van der Waals surface area (Å²) in [4.78, 5) is 32.6. The number of nitrogens with zero attached hydrogens (tertiary/aromatic N) is 2. The van der Waals surface area contributed by atoms with Crippen molar-refractivity contribution in [1.82, 2.24) is 4.90 Å². The van der Waals surface area contributed by atoms with Gasteiger partial charge in [-0.25, -0.2) is 4.99 Å². The van der Waals surface area contributed by atoms with Gasteiger partial charge in [0.1, 0.15) is 5.25 Å². The zero-order chi connectivity index (χ0) is 22.5. The number of para-hydroxylation sites is 1. The van der Waals surface area contributed by atoms with E-state index in [0.29, 0.717) is 11.7 Å². The first-order valence-corrected chi connectivity index (χ1v) is 11.4. The second-order valence-electron chi connectivity index (χ2n) is 7.81. The molecule has 32 heavy (non-hydrogen) atoms. The highest BCUT2D eigenvalue weighted by atomic mass is 32.2. The Morgan fingerprint density at radius 3 is 2.41 bits per heavy atom. The van der Waals surface area contributed by atoms with Gasteiger partial charge in [0.25, 0.3) is 0 Å². The number of anilines is 1. The van der Waals surface area contributed by atoms with Gasteiger partial charge in [-0.2, -0.15) is 0 Å². The number of aliphatic imine (C=N–C) groups is 1. The van der Waals surface area contributed by atoms with Crippen LogP contribution in [0.4, 0.5) is 11.4 Å². The third-order valence-electron chi connectivity index (χ3n) is 5.24. The highest BCUT2D eigenvalue weighted by molar-refractivity contribution is 8.15. The fraction of sp³-hybridized carbons (Fsp3) is 0.192. The van der Waals surface area contributed by atoms with Crippen LogP contribution in [-0.4, -0.2) is 27.1 Å². The summed E-state index contributed by atoms with van der Waals surface area (Å²) in [5.74, 6) is -0.293. The standard InChI is InChI=1S/C26H25N3O2S/c1-18-13-14-22(19(2)15-18)28-25(31)23-16-24(30)29(17-20-9-5-3-6-10-20)26(32-23)27-21-11-7-4-8-12-21/h3-15,23H,16-17H2,1-2H3,(H,28,31)/t23-/m1/s1. The van der Waals surface area contributed by atoms with Crippen LogP contribution in [0.3, 0.4) is 0 Å². The highest BCUT2D eigenvalue weighted by Crippen LogP contribution is 2.31. The average Bonchev–Trinajstić information content (AvgIpc) is 2.79. The van der Waals surface area contributed by atoms with Crippen molar-refractivity contribution < 1.29 is 9.59 Å². The molecule has 0 saturated carbocycles. The SMILES string of the molecule is Cc1ccc(NC(=O)[C@H]2CC(=O)N(Cc3ccccc3)C(=Nc3ccccc3)S2)c(C)c1. The molecular weight excluding hydrogens is 418 g/mol. The summed E-state index contributed by atoms with van der Waals surface area (Å²) in [6, 6.07) is 25.2. The molecule has 6 heteroatoms. The molecule has 0 aromatic heterocycles. The summed E-state index contributed by atoms with van der Waals surface area (Å²) < 4.78 is 0. The first-order valence-electron chi connectivity index (χ1n) is 10.5. The van der Waals surface area contributed by atoms with Crippen LogP contribution in [0.2, 0.25) is 0 Å². The molecule has 5 nitrogen and oxygen atoms in total. The van der Waals surface area contributed by atoms with Crippen LogP contribution in [-0.2, 0) is 16.1 Å². The van der Waals surface area contributed by atoms with Gasteiger partial charge in [-0.3, -0.25) is 14.5 Å². The molecule has 162 valence electrons. The molecular formula is C26H25N3O2S. The molecule has 1 atom stereocenters. The smallest absolute Gasteiger partial charge is 0.238 e. The first kappa shape index (κ1) is 21.8. The van der Waals surface area contributed by atoms with Crippen molar-refractivity contribution in [2.75, 3.05) is 5.32 Å². The van der Waals surface area contributed by atoms with Gasteiger partial charge in [0.15, 0.2) is 5.17 Å². The lowest BCUT2D eigenvalue weighted by atomic mass is 10.1. The number of thioether (sulfide) groups is 1. The largest absolute Gasteiger partial charge is 0.325 e. The fourth-order valence-electron chi connectivity index (χ4n) is 3.54. The number of hydrogen-bond acceptors (Lipinski definition) is 4. The topological polar surface area (TPSA) is 61.8 Å². The van der Waals surface area contributed by atoms with Crippen molar-refractivity contribution in [3.05, 3.63) is 95.6 Å². The van der Waals surface area contributed by atoms with Crippen molar-refractivity contribution in [2.24, 2.45) is 4.99 Å². The van der Waals surface area contributed by atoms with Crippen molar-refractivity contribution in [1.29, 1.82) is 0 Å². The molecule has 0 radical (unpaired) electrons. The van der Waals surface area contributed by atoms with E-state index in [2.05, 4.69) is 5.32 Å². The maximum Gasteiger partial charge on any atom is 0.238 e. The van der Waals surface area contributed by atoms with E-state index in [4.69, 9.17) is 4.99 Å². The molecule has 1 N–H and O–H groups in total. The number of hydrogen-bond donors (Lipinski definition) is 1. The number of aryl methyl sites for hydroxylation is 2. The lowest BCUT2D eigenvalue weighted by molar-refractivity contribution is -0.129. The summed E-state index contributed by atoms with van der Waals surface area (Å²) >= 11 is 1.34. The van der Waals surface area contributed by atoms with Crippen molar-refractivity contribution in [3.63, 3.8) is 0 Å². The maximum absolute atomic E-state index is 13.1. The van der Waals surface area contributed by atoms with E-state index in [0.717, 1.165) is 28.1 Å². The summed E-state index contributed by atoms with van der Waals surface area (Å²) in [7, 11) is 0. The van der Waals surface area contributed by atoms with E-state index in [-0.39, 0.29) is 18.2 Å². The van der Waals surface area contributed by atoms with Crippen LogP contribution < -0.4 is 5.32 Å². The number of carbonyl (C=O) groups excluding carboxylic acids is 2. The lowest BCUT2D eigenvalue weighted by Gasteiger charge is -2.32. The summed E-state index contributed by atoms with van der Waals surface area (Å²) in [5.41, 5.74) is 4.66. The van der Waals surface area contributed by atoms with E-state index < -0.39 is 5.25 Å². The van der Waals surface area contributed by atoms with Crippen LogP contribution >= 0.6 is 11.8 Å². The molecule has 1 aliphatic heterocycles. The molecule has 1 heterocycles. The highest BCUT2D eigenvalue weighted by Gasteiger charge is 2.36.